The van der Waals surface area contributed by atoms with E-state index in [1.54, 1.807) is 18.3 Å². The van der Waals surface area contributed by atoms with Crippen LogP contribution in [0.1, 0.15) is 41.5 Å². The maximum atomic E-state index is 12.0. The van der Waals surface area contributed by atoms with Gasteiger partial charge in [0.05, 0.1) is 24.2 Å². The fourth-order valence-corrected chi connectivity index (χ4v) is 3.25. The van der Waals surface area contributed by atoms with Gasteiger partial charge < -0.3 is 10.3 Å². The Labute approximate surface area is 151 Å². The second-order valence-electron chi connectivity index (χ2n) is 5.63. The molecule has 2 rings (SSSR count). The number of nitrogens with one attached hydrogen (secondary N) is 3. The number of rotatable bonds is 9. The predicted molar refractivity (Wildman–Crippen MR) is 95.8 cm³/mol. The highest BCUT2D eigenvalue weighted by atomic mass is 32.2. The van der Waals surface area contributed by atoms with Crippen molar-refractivity contribution in [2.75, 3.05) is 5.75 Å². The van der Waals surface area contributed by atoms with E-state index in [9.17, 15) is 18.0 Å². The Hall–Kier alpha value is -2.59. The zero-order valence-corrected chi connectivity index (χ0v) is 15.2. The molecule has 0 saturated carbocycles. The van der Waals surface area contributed by atoms with Crippen LogP contribution in [0.3, 0.4) is 0 Å². The lowest BCUT2D eigenvalue weighted by atomic mass is 10.2. The molecule has 2 aromatic heterocycles. The summed E-state index contributed by atoms with van der Waals surface area (Å²) in [6, 6.07) is 3.43. The first kappa shape index (κ1) is 19.7. The number of pyridine rings is 1. The van der Waals surface area contributed by atoms with Gasteiger partial charge in [-0.2, -0.15) is 0 Å². The molecule has 140 valence electrons. The second-order valence-corrected chi connectivity index (χ2v) is 7.55. The molecule has 0 aliphatic carbocycles. The number of unbranched alkanes of at least 4 members (excludes halogenated alkanes) is 1. The Morgan fingerprint density at radius 1 is 1.27 bits per heavy atom. The van der Waals surface area contributed by atoms with Crippen LogP contribution in [-0.4, -0.2) is 35.0 Å². The van der Waals surface area contributed by atoms with Crippen molar-refractivity contribution in [2.24, 2.45) is 0 Å². The summed E-state index contributed by atoms with van der Waals surface area (Å²) in [7, 11) is -3.32. The van der Waals surface area contributed by atoms with Gasteiger partial charge in [0.15, 0.2) is 0 Å². The summed E-state index contributed by atoms with van der Waals surface area (Å²) < 4.78 is 26.1. The first-order chi connectivity index (χ1) is 12.4. The zero-order valence-electron chi connectivity index (χ0n) is 14.4. The summed E-state index contributed by atoms with van der Waals surface area (Å²) in [5.41, 5.74) is 1.03. The van der Waals surface area contributed by atoms with Crippen LogP contribution in [0.2, 0.25) is 0 Å². The van der Waals surface area contributed by atoms with Crippen molar-refractivity contribution in [3.05, 3.63) is 58.0 Å². The number of sulfonamides is 1. The van der Waals surface area contributed by atoms with Gasteiger partial charge in [0.25, 0.3) is 11.5 Å². The molecule has 0 aliphatic heterocycles. The minimum absolute atomic E-state index is 0.0887. The minimum atomic E-state index is -3.32. The number of hydrogen-bond donors (Lipinski definition) is 3. The van der Waals surface area contributed by atoms with Crippen molar-refractivity contribution in [3.8, 4) is 0 Å². The Morgan fingerprint density at radius 3 is 2.77 bits per heavy atom. The molecule has 0 radical (unpaired) electrons. The first-order valence-corrected chi connectivity index (χ1v) is 9.79. The molecular weight excluding hydrogens is 358 g/mol. The third-order valence-corrected chi connectivity index (χ3v) is 4.89. The molecule has 0 fully saturated rings. The van der Waals surface area contributed by atoms with Crippen molar-refractivity contribution >= 4 is 15.9 Å². The number of aromatic nitrogens is 3. The van der Waals surface area contributed by atoms with Crippen molar-refractivity contribution in [2.45, 2.75) is 32.9 Å². The summed E-state index contributed by atoms with van der Waals surface area (Å²) in [5.74, 6) is -0.342. The van der Waals surface area contributed by atoms with Gasteiger partial charge in [-0.3, -0.25) is 14.6 Å². The van der Waals surface area contributed by atoms with E-state index in [1.165, 1.54) is 6.20 Å². The zero-order chi connectivity index (χ0) is 19.0. The van der Waals surface area contributed by atoms with Crippen LogP contribution in [0.25, 0.3) is 0 Å². The van der Waals surface area contributed by atoms with Crippen LogP contribution in [0.15, 0.2) is 35.5 Å². The predicted octanol–water partition coefficient (Wildman–Crippen LogP) is 0.314. The van der Waals surface area contributed by atoms with Crippen molar-refractivity contribution in [1.29, 1.82) is 0 Å². The highest BCUT2D eigenvalue weighted by Crippen LogP contribution is 2.03. The first-order valence-electron chi connectivity index (χ1n) is 8.13. The largest absolute Gasteiger partial charge is 0.347 e. The Kier molecular flexibility index (Phi) is 6.98. The summed E-state index contributed by atoms with van der Waals surface area (Å²) in [4.78, 5) is 33.2. The molecule has 10 heteroatoms. The minimum Gasteiger partial charge on any atom is -0.347 e. The van der Waals surface area contributed by atoms with Crippen molar-refractivity contribution < 1.29 is 13.2 Å². The molecule has 0 spiro atoms. The van der Waals surface area contributed by atoms with Gasteiger partial charge in [0, 0.05) is 18.9 Å². The normalized spacial score (nSPS) is 11.3. The van der Waals surface area contributed by atoms with Crippen LogP contribution in [0.5, 0.6) is 0 Å². The van der Waals surface area contributed by atoms with E-state index in [0.29, 0.717) is 12.1 Å². The number of H-pyrrole nitrogens is 1. The number of carbonyl (C=O) groups excluding carboxylic acids is 1. The van der Waals surface area contributed by atoms with Gasteiger partial charge in [-0.15, -0.1) is 0 Å². The molecule has 0 saturated heterocycles. The third-order valence-electron chi connectivity index (χ3n) is 3.48. The van der Waals surface area contributed by atoms with E-state index in [1.807, 2.05) is 6.92 Å². The summed E-state index contributed by atoms with van der Waals surface area (Å²) in [5, 5.41) is 2.67. The van der Waals surface area contributed by atoms with Crippen LogP contribution < -0.4 is 15.6 Å². The fraction of sp³-hybridized carbons (Fsp3) is 0.375. The number of carbonyl (C=O) groups is 1. The lowest BCUT2D eigenvalue weighted by Crippen LogP contribution is -2.27. The quantitative estimate of drug-likeness (QED) is 0.574. The molecule has 2 heterocycles. The van der Waals surface area contributed by atoms with Crippen molar-refractivity contribution in [3.63, 3.8) is 0 Å². The summed E-state index contributed by atoms with van der Waals surface area (Å²) in [6.45, 7) is 2.24. The Bertz CT molecular complexity index is 890. The van der Waals surface area contributed by atoms with Crippen LogP contribution in [0, 0.1) is 0 Å². The fourth-order valence-electron chi connectivity index (χ4n) is 2.06. The van der Waals surface area contributed by atoms with E-state index in [2.05, 4.69) is 25.0 Å². The van der Waals surface area contributed by atoms with Gasteiger partial charge >= 0.3 is 0 Å². The van der Waals surface area contributed by atoms with Crippen molar-refractivity contribution in [1.82, 2.24) is 25.0 Å². The van der Waals surface area contributed by atoms with Gasteiger partial charge in [-0.05, 0) is 24.1 Å². The third kappa shape index (κ3) is 6.37. The topological polar surface area (TPSA) is 134 Å². The number of aromatic amines is 1. The average Bonchev–Trinajstić information content (AvgIpc) is 2.64. The molecule has 9 nitrogen and oxygen atoms in total. The molecule has 0 aliphatic rings. The Balaban J connectivity index is 1.91. The van der Waals surface area contributed by atoms with Gasteiger partial charge in [-0.25, -0.2) is 18.1 Å². The lowest BCUT2D eigenvalue weighted by Gasteiger charge is -2.08. The molecular formula is C16H21N5O4S. The maximum Gasteiger partial charge on any atom is 0.271 e. The molecule has 0 atom stereocenters. The SMILES string of the molecule is CCCCS(=O)(=O)NCc1cc(CNC(=O)c2c[nH]c(=O)cn2)ccn1. The molecule has 3 N–H and O–H groups in total. The standard InChI is InChI=1S/C16H21N5O4S/c1-2-3-6-26(24,25)21-9-13-7-12(4-5-17-13)8-20-16(23)14-10-19-15(22)11-18-14/h4-5,7,10-11,21H,2-3,6,8-9H2,1H3,(H,19,22)(H,20,23). The molecule has 0 aromatic carbocycles. The van der Waals surface area contributed by atoms with Crippen LogP contribution >= 0.6 is 0 Å². The Morgan fingerprint density at radius 2 is 2.08 bits per heavy atom. The molecule has 26 heavy (non-hydrogen) atoms. The average molecular weight is 379 g/mol. The van der Waals surface area contributed by atoms with Gasteiger partial charge in [0.1, 0.15) is 5.69 Å². The van der Waals surface area contributed by atoms with E-state index < -0.39 is 15.9 Å². The molecule has 2 aromatic rings. The second kappa shape index (κ2) is 9.20. The van der Waals surface area contributed by atoms with E-state index in [0.717, 1.165) is 18.2 Å². The summed E-state index contributed by atoms with van der Waals surface area (Å²) in [6.07, 6.45) is 5.23. The monoisotopic (exact) mass is 379 g/mol. The van der Waals surface area contributed by atoms with E-state index in [4.69, 9.17) is 0 Å². The maximum absolute atomic E-state index is 12.0. The number of amides is 1. The summed E-state index contributed by atoms with van der Waals surface area (Å²) >= 11 is 0. The molecule has 1 amide bonds. The number of hydrogen-bond acceptors (Lipinski definition) is 6. The van der Waals surface area contributed by atoms with Gasteiger partial charge in [-0.1, -0.05) is 13.3 Å². The van der Waals surface area contributed by atoms with Crippen LogP contribution in [0.4, 0.5) is 0 Å². The lowest BCUT2D eigenvalue weighted by molar-refractivity contribution is 0.0945. The molecule has 0 bridgehead atoms. The highest BCUT2D eigenvalue weighted by molar-refractivity contribution is 7.89. The van der Waals surface area contributed by atoms with Crippen LogP contribution in [-0.2, 0) is 23.1 Å². The van der Waals surface area contributed by atoms with Gasteiger partial charge in [0.2, 0.25) is 10.0 Å². The molecule has 0 unspecified atom stereocenters. The number of nitrogens with zero attached hydrogens (tertiary/aromatic N) is 2. The van der Waals surface area contributed by atoms with E-state index in [-0.39, 0.29) is 30.1 Å². The highest BCUT2D eigenvalue weighted by Gasteiger charge is 2.10. The smallest absolute Gasteiger partial charge is 0.271 e. The van der Waals surface area contributed by atoms with E-state index >= 15 is 0 Å².